The summed E-state index contributed by atoms with van der Waals surface area (Å²) in [6.07, 6.45) is 2.54. The molecule has 64 valence electrons. The molecule has 1 aromatic rings. The molecule has 0 aromatic carbocycles. The summed E-state index contributed by atoms with van der Waals surface area (Å²) >= 11 is 0. The van der Waals surface area contributed by atoms with Crippen molar-refractivity contribution in [3.63, 3.8) is 0 Å². The number of hydrogen-bond acceptors (Lipinski definition) is 2. The maximum absolute atomic E-state index is 11.0. The summed E-state index contributed by atoms with van der Waals surface area (Å²) in [5.74, 6) is 1.18. The Bertz CT molecular complexity index is 303. The van der Waals surface area contributed by atoms with Gasteiger partial charge in [-0.1, -0.05) is 0 Å². The Morgan fingerprint density at radius 1 is 1.67 bits per heavy atom. The minimum absolute atomic E-state index is 0.141. The van der Waals surface area contributed by atoms with Crippen LogP contribution in [0.3, 0.4) is 0 Å². The van der Waals surface area contributed by atoms with Crippen LogP contribution in [0.25, 0.3) is 0 Å². The third kappa shape index (κ3) is 1.11. The van der Waals surface area contributed by atoms with Gasteiger partial charge in [-0.05, 0) is 6.07 Å². The Morgan fingerprint density at radius 3 is 3.25 bits per heavy atom. The topological polar surface area (TPSA) is 33.5 Å². The van der Waals surface area contributed by atoms with Gasteiger partial charge in [0, 0.05) is 32.0 Å². The standard InChI is InChI=1S/C9H11NO2/c1-7(11)10-4-2-9-8(6-10)3-5-12-9/h3,5H,2,4,6H2,1H3. The van der Waals surface area contributed by atoms with Crippen molar-refractivity contribution in [2.75, 3.05) is 6.54 Å². The predicted molar refractivity (Wildman–Crippen MR) is 43.5 cm³/mol. The van der Waals surface area contributed by atoms with Crippen molar-refractivity contribution < 1.29 is 9.21 Å². The van der Waals surface area contributed by atoms with Crippen LogP contribution >= 0.6 is 0 Å². The highest BCUT2D eigenvalue weighted by Crippen LogP contribution is 2.19. The monoisotopic (exact) mass is 165 g/mol. The molecule has 0 N–H and O–H groups in total. The van der Waals surface area contributed by atoms with E-state index in [2.05, 4.69) is 0 Å². The largest absolute Gasteiger partial charge is 0.469 e. The summed E-state index contributed by atoms with van der Waals surface area (Å²) in [4.78, 5) is 12.9. The Kier molecular flexibility index (Phi) is 1.64. The second kappa shape index (κ2) is 2.66. The number of rotatable bonds is 0. The summed E-state index contributed by atoms with van der Waals surface area (Å²) in [6, 6.07) is 1.93. The highest BCUT2D eigenvalue weighted by Gasteiger charge is 2.19. The van der Waals surface area contributed by atoms with E-state index in [1.807, 2.05) is 11.0 Å². The molecule has 0 atom stereocenters. The molecule has 3 nitrogen and oxygen atoms in total. The van der Waals surface area contributed by atoms with Crippen molar-refractivity contribution in [1.82, 2.24) is 4.90 Å². The third-order valence-electron chi connectivity index (χ3n) is 2.25. The van der Waals surface area contributed by atoms with E-state index in [1.54, 1.807) is 13.2 Å². The molecular formula is C9H11NO2. The molecule has 2 rings (SSSR count). The Balaban J connectivity index is 2.20. The number of fused-ring (bicyclic) bond motifs is 1. The van der Waals surface area contributed by atoms with Crippen LogP contribution in [0, 0.1) is 0 Å². The average Bonchev–Trinajstić information content (AvgIpc) is 2.49. The number of amides is 1. The fourth-order valence-corrected chi connectivity index (χ4v) is 1.52. The maximum Gasteiger partial charge on any atom is 0.219 e. The Morgan fingerprint density at radius 2 is 2.50 bits per heavy atom. The summed E-state index contributed by atoms with van der Waals surface area (Å²) in [5.41, 5.74) is 1.15. The minimum atomic E-state index is 0.141. The number of carbonyl (C=O) groups excluding carboxylic acids is 1. The molecule has 0 saturated carbocycles. The zero-order valence-electron chi connectivity index (χ0n) is 7.04. The lowest BCUT2D eigenvalue weighted by molar-refractivity contribution is -0.129. The molecule has 0 unspecified atom stereocenters. The van der Waals surface area contributed by atoms with Crippen LogP contribution in [0.1, 0.15) is 18.2 Å². The van der Waals surface area contributed by atoms with Crippen LogP contribution < -0.4 is 0 Å². The molecule has 1 aliphatic rings. The Labute approximate surface area is 71.0 Å². The Hall–Kier alpha value is -1.25. The van der Waals surface area contributed by atoms with Gasteiger partial charge in [-0.3, -0.25) is 4.79 Å². The molecule has 0 radical (unpaired) electrons. The summed E-state index contributed by atoms with van der Waals surface area (Å²) in [6.45, 7) is 3.10. The zero-order valence-corrected chi connectivity index (χ0v) is 7.04. The van der Waals surface area contributed by atoms with Crippen molar-refractivity contribution >= 4 is 5.91 Å². The van der Waals surface area contributed by atoms with E-state index in [0.717, 1.165) is 24.3 Å². The summed E-state index contributed by atoms with van der Waals surface area (Å²) in [5, 5.41) is 0. The first kappa shape index (κ1) is 7.40. The van der Waals surface area contributed by atoms with Crippen LogP contribution in [0.5, 0.6) is 0 Å². The molecule has 1 aromatic heterocycles. The molecule has 0 aliphatic carbocycles. The lowest BCUT2D eigenvalue weighted by Crippen LogP contribution is -2.33. The van der Waals surface area contributed by atoms with Gasteiger partial charge in [0.15, 0.2) is 0 Å². The van der Waals surface area contributed by atoms with Crippen molar-refractivity contribution in [1.29, 1.82) is 0 Å². The smallest absolute Gasteiger partial charge is 0.219 e. The molecule has 0 bridgehead atoms. The third-order valence-corrected chi connectivity index (χ3v) is 2.25. The van der Waals surface area contributed by atoms with Gasteiger partial charge in [0.2, 0.25) is 5.91 Å². The van der Waals surface area contributed by atoms with E-state index in [-0.39, 0.29) is 5.91 Å². The van der Waals surface area contributed by atoms with Crippen LogP contribution in [0.2, 0.25) is 0 Å². The minimum Gasteiger partial charge on any atom is -0.469 e. The fourth-order valence-electron chi connectivity index (χ4n) is 1.52. The first-order valence-electron chi connectivity index (χ1n) is 4.08. The molecule has 12 heavy (non-hydrogen) atoms. The maximum atomic E-state index is 11.0. The highest BCUT2D eigenvalue weighted by molar-refractivity contribution is 5.73. The van der Waals surface area contributed by atoms with E-state index in [9.17, 15) is 4.79 Å². The average molecular weight is 165 g/mol. The van der Waals surface area contributed by atoms with Gasteiger partial charge in [-0.2, -0.15) is 0 Å². The summed E-state index contributed by atoms with van der Waals surface area (Å²) < 4.78 is 5.25. The lowest BCUT2D eigenvalue weighted by atomic mass is 10.1. The van der Waals surface area contributed by atoms with E-state index in [0.29, 0.717) is 6.54 Å². The van der Waals surface area contributed by atoms with Gasteiger partial charge < -0.3 is 9.32 Å². The highest BCUT2D eigenvalue weighted by atomic mass is 16.3. The number of nitrogens with zero attached hydrogens (tertiary/aromatic N) is 1. The van der Waals surface area contributed by atoms with Crippen molar-refractivity contribution in [3.8, 4) is 0 Å². The second-order valence-corrected chi connectivity index (χ2v) is 3.06. The number of carbonyl (C=O) groups is 1. The van der Waals surface area contributed by atoms with Gasteiger partial charge in [0.25, 0.3) is 0 Å². The van der Waals surface area contributed by atoms with Crippen molar-refractivity contribution in [2.24, 2.45) is 0 Å². The van der Waals surface area contributed by atoms with Crippen LogP contribution in [0.4, 0.5) is 0 Å². The molecule has 0 spiro atoms. The SMILES string of the molecule is CC(=O)N1CCc2occc2C1. The second-order valence-electron chi connectivity index (χ2n) is 3.06. The molecule has 0 fully saturated rings. The van der Waals surface area contributed by atoms with E-state index in [1.165, 1.54) is 0 Å². The summed E-state index contributed by atoms with van der Waals surface area (Å²) in [7, 11) is 0. The van der Waals surface area contributed by atoms with Gasteiger partial charge >= 0.3 is 0 Å². The molecule has 3 heteroatoms. The predicted octanol–water partition coefficient (Wildman–Crippen LogP) is 1.18. The van der Waals surface area contributed by atoms with Gasteiger partial charge in [-0.15, -0.1) is 0 Å². The van der Waals surface area contributed by atoms with Crippen molar-refractivity contribution in [2.45, 2.75) is 19.9 Å². The van der Waals surface area contributed by atoms with Gasteiger partial charge in [0.05, 0.1) is 6.26 Å². The van der Waals surface area contributed by atoms with E-state index < -0.39 is 0 Å². The van der Waals surface area contributed by atoms with E-state index in [4.69, 9.17) is 4.42 Å². The van der Waals surface area contributed by atoms with Gasteiger partial charge in [0.1, 0.15) is 5.76 Å². The molecule has 1 amide bonds. The van der Waals surface area contributed by atoms with Crippen LogP contribution in [0.15, 0.2) is 16.7 Å². The lowest BCUT2D eigenvalue weighted by Gasteiger charge is -2.24. The molecule has 2 heterocycles. The van der Waals surface area contributed by atoms with Crippen LogP contribution in [-0.4, -0.2) is 17.4 Å². The number of furan rings is 1. The molecule has 1 aliphatic heterocycles. The zero-order chi connectivity index (χ0) is 8.55. The van der Waals surface area contributed by atoms with Crippen LogP contribution in [-0.2, 0) is 17.8 Å². The van der Waals surface area contributed by atoms with Gasteiger partial charge in [-0.25, -0.2) is 0 Å². The molecule has 0 saturated heterocycles. The first-order valence-corrected chi connectivity index (χ1v) is 4.08. The number of hydrogen-bond donors (Lipinski definition) is 0. The molecular weight excluding hydrogens is 154 g/mol. The van der Waals surface area contributed by atoms with Crippen molar-refractivity contribution in [3.05, 3.63) is 23.7 Å². The first-order chi connectivity index (χ1) is 5.77. The fraction of sp³-hybridized carbons (Fsp3) is 0.444. The normalized spacial score (nSPS) is 15.9. The quantitative estimate of drug-likeness (QED) is 0.578. The van der Waals surface area contributed by atoms with E-state index >= 15 is 0 Å².